The first kappa shape index (κ1) is 10.9. The molecular weight excluding hydrogens is 192 g/mol. The molecule has 1 aromatic rings. The Hall–Kier alpha value is -2.18. The molecule has 5 heteroatoms. The third kappa shape index (κ3) is 4.03. The highest BCUT2D eigenvalue weighted by atomic mass is 16.5. The number of nitriles is 1. The lowest BCUT2D eigenvalue weighted by molar-refractivity contribution is 0.313. The van der Waals surface area contributed by atoms with E-state index in [0.29, 0.717) is 25.1 Å². The minimum absolute atomic E-state index is 0.437. The van der Waals surface area contributed by atoms with Crippen LogP contribution in [-0.2, 0) is 0 Å². The smallest absolute Gasteiger partial charge is 0.119 e. The minimum atomic E-state index is 0.437. The van der Waals surface area contributed by atoms with Gasteiger partial charge >= 0.3 is 0 Å². The molecule has 1 aromatic carbocycles. The normalized spacial score (nSPS) is 8.73. The monoisotopic (exact) mass is 202 g/mol. The summed E-state index contributed by atoms with van der Waals surface area (Å²) in [5.41, 5.74) is 8.64. The van der Waals surface area contributed by atoms with Gasteiger partial charge in [0.05, 0.1) is 18.2 Å². The molecule has 0 radical (unpaired) electrons. The summed E-state index contributed by atoms with van der Waals surface area (Å²) < 4.78 is 5.36. The molecule has 0 amide bonds. The van der Waals surface area contributed by atoms with Crippen molar-refractivity contribution in [3.8, 4) is 11.8 Å². The molecule has 1 rings (SSSR count). The van der Waals surface area contributed by atoms with Gasteiger partial charge < -0.3 is 4.74 Å². The van der Waals surface area contributed by atoms with Crippen LogP contribution in [0, 0.1) is 11.3 Å². The molecule has 0 aliphatic rings. The minimum Gasteiger partial charge on any atom is -0.494 e. The van der Waals surface area contributed by atoms with Crippen LogP contribution in [0.4, 0.5) is 0 Å². The summed E-state index contributed by atoms with van der Waals surface area (Å²) >= 11 is 0. The van der Waals surface area contributed by atoms with Gasteiger partial charge in [-0.05, 0) is 36.2 Å². The van der Waals surface area contributed by atoms with Crippen molar-refractivity contribution in [1.82, 2.24) is 0 Å². The van der Waals surface area contributed by atoms with Crippen LogP contribution in [0.1, 0.15) is 12.0 Å². The molecule has 76 valence electrons. The van der Waals surface area contributed by atoms with Crippen molar-refractivity contribution in [2.45, 2.75) is 6.42 Å². The van der Waals surface area contributed by atoms with Crippen LogP contribution in [0.5, 0.6) is 5.75 Å². The maximum atomic E-state index is 8.56. The Kier molecular flexibility index (Phi) is 4.58. The largest absolute Gasteiger partial charge is 0.494 e. The zero-order valence-electron chi connectivity index (χ0n) is 8.13. The first-order valence-electron chi connectivity index (χ1n) is 4.50. The Bertz CT molecular complexity index is 387. The molecule has 5 nitrogen and oxygen atoms in total. The first-order chi connectivity index (χ1) is 7.36. The second kappa shape index (κ2) is 6.30. The molecule has 0 atom stereocenters. The lowest BCUT2D eigenvalue weighted by Crippen LogP contribution is -1.98. The Labute approximate surface area is 87.5 Å². The van der Waals surface area contributed by atoms with Gasteiger partial charge in [0.1, 0.15) is 5.75 Å². The predicted molar refractivity (Wildman–Crippen MR) is 55.3 cm³/mol. The molecule has 0 heterocycles. The van der Waals surface area contributed by atoms with E-state index in [9.17, 15) is 0 Å². The van der Waals surface area contributed by atoms with Gasteiger partial charge in [-0.25, -0.2) is 0 Å². The van der Waals surface area contributed by atoms with Crippen molar-refractivity contribution < 1.29 is 4.74 Å². The summed E-state index contributed by atoms with van der Waals surface area (Å²) in [6.45, 7) is 0.942. The van der Waals surface area contributed by atoms with Crippen LogP contribution < -0.4 is 4.74 Å². The van der Waals surface area contributed by atoms with Crippen LogP contribution in [0.25, 0.3) is 10.4 Å². The molecule has 0 spiro atoms. The molecule has 0 saturated heterocycles. The molecule has 0 bridgehead atoms. The number of hydrogen-bond donors (Lipinski definition) is 0. The summed E-state index contributed by atoms with van der Waals surface area (Å²) in [5, 5.41) is 12.0. The van der Waals surface area contributed by atoms with Crippen LogP contribution in [-0.4, -0.2) is 13.2 Å². The van der Waals surface area contributed by atoms with Gasteiger partial charge in [0.15, 0.2) is 0 Å². The molecule has 0 unspecified atom stereocenters. The number of nitrogens with zero attached hydrogens (tertiary/aromatic N) is 4. The van der Waals surface area contributed by atoms with Crippen molar-refractivity contribution >= 4 is 0 Å². The fourth-order valence-corrected chi connectivity index (χ4v) is 0.996. The van der Waals surface area contributed by atoms with Gasteiger partial charge in [-0.15, -0.1) is 0 Å². The van der Waals surface area contributed by atoms with E-state index in [2.05, 4.69) is 10.0 Å². The Balaban J connectivity index is 2.32. The van der Waals surface area contributed by atoms with Crippen LogP contribution in [0.2, 0.25) is 0 Å². The first-order valence-corrected chi connectivity index (χ1v) is 4.50. The van der Waals surface area contributed by atoms with Crippen molar-refractivity contribution in [3.63, 3.8) is 0 Å². The molecule has 0 aromatic heterocycles. The molecule has 0 aliphatic carbocycles. The molecule has 0 fully saturated rings. The summed E-state index contributed by atoms with van der Waals surface area (Å²) in [4.78, 5) is 2.64. The number of ether oxygens (including phenoxy) is 1. The second-order valence-corrected chi connectivity index (χ2v) is 2.79. The number of azide groups is 1. The van der Waals surface area contributed by atoms with Gasteiger partial charge in [-0.3, -0.25) is 0 Å². The SMILES string of the molecule is N#Cc1ccc(OCCCN=[N+]=[N-])cc1. The second-order valence-electron chi connectivity index (χ2n) is 2.79. The zero-order chi connectivity index (χ0) is 10.9. The summed E-state index contributed by atoms with van der Waals surface area (Å²) in [7, 11) is 0. The Morgan fingerprint density at radius 1 is 1.40 bits per heavy atom. The molecule has 0 saturated carbocycles. The van der Waals surface area contributed by atoms with Crippen molar-refractivity contribution in [2.24, 2.45) is 5.11 Å². The van der Waals surface area contributed by atoms with Crippen molar-refractivity contribution in [3.05, 3.63) is 40.3 Å². The molecule has 0 aliphatic heterocycles. The van der Waals surface area contributed by atoms with Crippen molar-refractivity contribution in [2.75, 3.05) is 13.2 Å². The van der Waals surface area contributed by atoms with Crippen LogP contribution >= 0.6 is 0 Å². The molecule has 0 N–H and O–H groups in total. The number of benzene rings is 1. The average Bonchev–Trinajstić information content (AvgIpc) is 2.30. The van der Waals surface area contributed by atoms with Gasteiger partial charge in [-0.2, -0.15) is 5.26 Å². The Morgan fingerprint density at radius 2 is 2.13 bits per heavy atom. The van der Waals surface area contributed by atoms with E-state index in [4.69, 9.17) is 15.5 Å². The highest BCUT2D eigenvalue weighted by Gasteiger charge is 1.93. The van der Waals surface area contributed by atoms with Gasteiger partial charge in [0.2, 0.25) is 0 Å². The molecule has 15 heavy (non-hydrogen) atoms. The highest BCUT2D eigenvalue weighted by Crippen LogP contribution is 2.11. The van der Waals surface area contributed by atoms with E-state index in [1.165, 1.54) is 0 Å². The van der Waals surface area contributed by atoms with Crippen LogP contribution in [0.15, 0.2) is 29.4 Å². The van der Waals surface area contributed by atoms with Gasteiger partial charge in [0, 0.05) is 11.5 Å². The van der Waals surface area contributed by atoms with E-state index >= 15 is 0 Å². The summed E-state index contributed by atoms with van der Waals surface area (Å²) in [5.74, 6) is 0.718. The fourth-order valence-electron chi connectivity index (χ4n) is 0.996. The summed E-state index contributed by atoms with van der Waals surface area (Å²) in [6, 6.07) is 8.91. The zero-order valence-corrected chi connectivity index (χ0v) is 8.13. The standard InChI is InChI=1S/C10H10N4O/c11-8-9-2-4-10(5-3-9)15-7-1-6-13-14-12/h2-5H,1,6-7H2. The maximum Gasteiger partial charge on any atom is 0.119 e. The number of hydrogen-bond acceptors (Lipinski definition) is 3. The summed E-state index contributed by atoms with van der Waals surface area (Å²) in [6.07, 6.45) is 0.685. The topological polar surface area (TPSA) is 81.8 Å². The third-order valence-electron chi connectivity index (χ3n) is 1.72. The third-order valence-corrected chi connectivity index (χ3v) is 1.72. The van der Waals surface area contributed by atoms with Gasteiger partial charge in [-0.1, -0.05) is 5.11 Å². The number of rotatable bonds is 5. The van der Waals surface area contributed by atoms with E-state index in [-0.39, 0.29) is 0 Å². The quantitative estimate of drug-likeness (QED) is 0.318. The Morgan fingerprint density at radius 3 is 2.73 bits per heavy atom. The maximum absolute atomic E-state index is 8.56. The van der Waals surface area contributed by atoms with E-state index in [1.54, 1.807) is 24.3 Å². The average molecular weight is 202 g/mol. The van der Waals surface area contributed by atoms with E-state index in [1.807, 2.05) is 6.07 Å². The van der Waals surface area contributed by atoms with Crippen LogP contribution in [0.3, 0.4) is 0 Å². The lowest BCUT2D eigenvalue weighted by atomic mass is 10.2. The lowest BCUT2D eigenvalue weighted by Gasteiger charge is -2.03. The van der Waals surface area contributed by atoms with Gasteiger partial charge in [0.25, 0.3) is 0 Å². The highest BCUT2D eigenvalue weighted by molar-refractivity contribution is 5.34. The van der Waals surface area contributed by atoms with E-state index in [0.717, 1.165) is 5.75 Å². The van der Waals surface area contributed by atoms with E-state index < -0.39 is 0 Å². The van der Waals surface area contributed by atoms with Crippen molar-refractivity contribution in [1.29, 1.82) is 5.26 Å². The fraction of sp³-hybridized carbons (Fsp3) is 0.300. The predicted octanol–water partition coefficient (Wildman–Crippen LogP) is 2.64. The molecular formula is C10H10N4O.